The summed E-state index contributed by atoms with van der Waals surface area (Å²) in [5.41, 5.74) is 1.14. The fourth-order valence-corrected chi connectivity index (χ4v) is 3.72. The number of imidazole rings is 1. The van der Waals surface area contributed by atoms with Crippen LogP contribution in [0.3, 0.4) is 0 Å². The number of hydrogen-bond acceptors (Lipinski definition) is 6. The monoisotopic (exact) mass is 558 g/mol. The summed E-state index contributed by atoms with van der Waals surface area (Å²) in [5.74, 6) is 2.99. The van der Waals surface area contributed by atoms with Crippen LogP contribution < -0.4 is 19.5 Å². The van der Waals surface area contributed by atoms with Gasteiger partial charge in [-0.25, -0.2) is 4.98 Å². The third-order valence-corrected chi connectivity index (χ3v) is 5.32. The number of piperazine rings is 1. The topological polar surface area (TPSA) is 76.4 Å². The molecule has 0 atom stereocenters. The molecule has 1 saturated heterocycles. The summed E-state index contributed by atoms with van der Waals surface area (Å²) < 4.78 is 18.4. The van der Waals surface area contributed by atoms with Gasteiger partial charge in [0.1, 0.15) is 0 Å². The predicted octanol–water partition coefficient (Wildman–Crippen LogP) is 2.31. The lowest BCUT2D eigenvalue weighted by atomic mass is 10.1. The number of hydrogen-bond donors (Lipinski definition) is 1. The highest BCUT2D eigenvalue weighted by molar-refractivity contribution is 14.0. The van der Waals surface area contributed by atoms with E-state index < -0.39 is 0 Å². The van der Waals surface area contributed by atoms with Crippen LogP contribution in [0.15, 0.2) is 35.8 Å². The molecule has 3 rings (SSSR count). The maximum Gasteiger partial charge on any atom is 0.203 e. The van der Waals surface area contributed by atoms with Crippen molar-refractivity contribution < 1.29 is 14.2 Å². The average molecular weight is 558 g/mol. The quantitative estimate of drug-likeness (QED) is 0.288. The standard InChI is InChI=1S/C22H34N6O3.HI/c1-5-24-22(25-7-9-27-8-6-23-17-27)28-12-10-26(11-13-28)16-18-14-19(29-2)21(31-4)20(15-18)30-3;/h6,8,14-15,17H,5,7,9-13,16H2,1-4H3,(H,24,25);1H. The Morgan fingerprint density at radius 1 is 1.06 bits per heavy atom. The van der Waals surface area contributed by atoms with Gasteiger partial charge in [-0.15, -0.1) is 24.0 Å². The first kappa shape index (κ1) is 26.0. The van der Waals surface area contributed by atoms with Crippen molar-refractivity contribution in [2.24, 2.45) is 4.99 Å². The van der Waals surface area contributed by atoms with Crippen LogP contribution in [0, 0.1) is 0 Å². The van der Waals surface area contributed by atoms with Crippen molar-refractivity contribution >= 4 is 29.9 Å². The molecule has 10 heteroatoms. The molecule has 178 valence electrons. The first-order valence-electron chi connectivity index (χ1n) is 10.7. The number of benzene rings is 1. The highest BCUT2D eigenvalue weighted by Crippen LogP contribution is 2.38. The van der Waals surface area contributed by atoms with Crippen LogP contribution in [0.25, 0.3) is 0 Å². The number of guanidine groups is 1. The Labute approximate surface area is 207 Å². The summed E-state index contributed by atoms with van der Waals surface area (Å²) in [4.78, 5) is 13.7. The van der Waals surface area contributed by atoms with Gasteiger partial charge in [0.2, 0.25) is 5.75 Å². The molecule has 0 spiro atoms. The maximum absolute atomic E-state index is 5.49. The van der Waals surface area contributed by atoms with Crippen LogP contribution in [0.1, 0.15) is 12.5 Å². The van der Waals surface area contributed by atoms with Gasteiger partial charge in [0.25, 0.3) is 0 Å². The largest absolute Gasteiger partial charge is 0.493 e. The smallest absolute Gasteiger partial charge is 0.203 e. The highest BCUT2D eigenvalue weighted by atomic mass is 127. The number of aliphatic imine (C=N–C) groups is 1. The number of methoxy groups -OCH3 is 3. The molecule has 1 aliphatic rings. The lowest BCUT2D eigenvalue weighted by Crippen LogP contribution is -2.52. The Balaban J connectivity index is 0.00000363. The number of halogens is 1. The van der Waals surface area contributed by atoms with E-state index >= 15 is 0 Å². The third-order valence-electron chi connectivity index (χ3n) is 5.32. The molecule has 0 radical (unpaired) electrons. The summed E-state index contributed by atoms with van der Waals surface area (Å²) in [6, 6.07) is 4.05. The molecule has 0 unspecified atom stereocenters. The lowest BCUT2D eigenvalue weighted by molar-refractivity contribution is 0.172. The average Bonchev–Trinajstić information content (AvgIpc) is 3.32. The SMILES string of the molecule is CCNC(=NCCn1ccnc1)N1CCN(Cc2cc(OC)c(OC)c(OC)c2)CC1.I. The molecule has 1 aromatic heterocycles. The van der Waals surface area contributed by atoms with Crippen molar-refractivity contribution in [2.75, 3.05) is 60.6 Å². The maximum atomic E-state index is 5.49. The van der Waals surface area contributed by atoms with Crippen LogP contribution in [-0.2, 0) is 13.1 Å². The van der Waals surface area contributed by atoms with Crippen molar-refractivity contribution in [1.29, 1.82) is 0 Å². The van der Waals surface area contributed by atoms with E-state index in [9.17, 15) is 0 Å². The molecule has 0 bridgehead atoms. The Morgan fingerprint density at radius 3 is 2.28 bits per heavy atom. The van der Waals surface area contributed by atoms with Crippen LogP contribution in [-0.4, -0.2) is 85.9 Å². The zero-order valence-electron chi connectivity index (χ0n) is 19.4. The van der Waals surface area contributed by atoms with E-state index in [2.05, 4.69) is 27.0 Å². The van der Waals surface area contributed by atoms with Gasteiger partial charge in [-0.1, -0.05) is 0 Å². The molecule has 1 fully saturated rings. The molecule has 2 heterocycles. The summed E-state index contributed by atoms with van der Waals surface area (Å²) >= 11 is 0. The summed E-state index contributed by atoms with van der Waals surface area (Å²) in [6.07, 6.45) is 5.58. The van der Waals surface area contributed by atoms with Crippen molar-refractivity contribution in [2.45, 2.75) is 20.0 Å². The van der Waals surface area contributed by atoms with Gasteiger partial charge in [-0.2, -0.15) is 0 Å². The minimum absolute atomic E-state index is 0. The molecule has 2 aromatic rings. The molecule has 32 heavy (non-hydrogen) atoms. The fourth-order valence-electron chi connectivity index (χ4n) is 3.72. The summed E-state index contributed by atoms with van der Waals surface area (Å²) in [7, 11) is 4.92. The summed E-state index contributed by atoms with van der Waals surface area (Å²) in [6.45, 7) is 9.13. The highest BCUT2D eigenvalue weighted by Gasteiger charge is 2.21. The van der Waals surface area contributed by atoms with Crippen molar-refractivity contribution in [1.82, 2.24) is 24.7 Å². The molecule has 1 aromatic carbocycles. The second-order valence-corrected chi connectivity index (χ2v) is 7.33. The Kier molecular flexibility index (Phi) is 10.9. The van der Waals surface area contributed by atoms with Crippen molar-refractivity contribution in [3.05, 3.63) is 36.4 Å². The van der Waals surface area contributed by atoms with E-state index in [1.54, 1.807) is 27.5 Å². The second-order valence-electron chi connectivity index (χ2n) is 7.33. The van der Waals surface area contributed by atoms with Gasteiger partial charge >= 0.3 is 0 Å². The van der Waals surface area contributed by atoms with Gasteiger partial charge in [0.15, 0.2) is 17.5 Å². The Hall–Kier alpha value is -2.21. The van der Waals surface area contributed by atoms with E-state index in [1.807, 2.05) is 29.2 Å². The molecule has 1 N–H and O–H groups in total. The molecular formula is C22H35IN6O3. The van der Waals surface area contributed by atoms with Crippen LogP contribution in [0.5, 0.6) is 17.2 Å². The number of rotatable bonds is 9. The Morgan fingerprint density at radius 2 is 1.75 bits per heavy atom. The van der Waals surface area contributed by atoms with Crippen LogP contribution in [0.4, 0.5) is 0 Å². The van der Waals surface area contributed by atoms with E-state index in [1.165, 1.54) is 0 Å². The lowest BCUT2D eigenvalue weighted by Gasteiger charge is -2.36. The van der Waals surface area contributed by atoms with E-state index in [-0.39, 0.29) is 24.0 Å². The predicted molar refractivity (Wildman–Crippen MR) is 137 cm³/mol. The second kappa shape index (κ2) is 13.4. The number of ether oxygens (including phenoxy) is 3. The van der Waals surface area contributed by atoms with Gasteiger partial charge < -0.3 is 29.0 Å². The zero-order chi connectivity index (χ0) is 22.1. The fraction of sp³-hybridized carbons (Fsp3) is 0.545. The number of aromatic nitrogens is 2. The first-order valence-corrected chi connectivity index (χ1v) is 10.7. The molecule has 0 aliphatic carbocycles. The van der Waals surface area contributed by atoms with Crippen LogP contribution >= 0.6 is 24.0 Å². The van der Waals surface area contributed by atoms with Crippen LogP contribution in [0.2, 0.25) is 0 Å². The molecular weight excluding hydrogens is 523 g/mol. The molecule has 9 nitrogen and oxygen atoms in total. The van der Waals surface area contributed by atoms with Gasteiger partial charge in [-0.05, 0) is 24.6 Å². The minimum Gasteiger partial charge on any atom is -0.493 e. The van der Waals surface area contributed by atoms with Gasteiger partial charge in [-0.3, -0.25) is 9.89 Å². The Bertz CT molecular complexity index is 813. The third kappa shape index (κ3) is 6.89. The van der Waals surface area contributed by atoms with E-state index in [0.29, 0.717) is 17.2 Å². The van der Waals surface area contributed by atoms with Gasteiger partial charge in [0, 0.05) is 58.2 Å². The summed E-state index contributed by atoms with van der Waals surface area (Å²) in [5, 5.41) is 3.43. The van der Waals surface area contributed by atoms with Crippen molar-refractivity contribution in [3.8, 4) is 17.2 Å². The number of nitrogens with one attached hydrogen (secondary N) is 1. The molecule has 0 saturated carbocycles. The van der Waals surface area contributed by atoms with Crippen molar-refractivity contribution in [3.63, 3.8) is 0 Å². The van der Waals surface area contributed by atoms with E-state index in [0.717, 1.165) is 63.9 Å². The van der Waals surface area contributed by atoms with Gasteiger partial charge in [0.05, 0.1) is 34.2 Å². The van der Waals surface area contributed by atoms with E-state index in [4.69, 9.17) is 19.2 Å². The normalized spacial score (nSPS) is 14.6. The first-order chi connectivity index (χ1) is 15.2. The molecule has 1 aliphatic heterocycles. The number of nitrogens with zero attached hydrogens (tertiary/aromatic N) is 5. The zero-order valence-corrected chi connectivity index (χ0v) is 21.7. The molecule has 0 amide bonds. The minimum atomic E-state index is 0.